The highest BCUT2D eigenvalue weighted by molar-refractivity contribution is 7.12. The average Bonchev–Trinajstić information content (AvgIpc) is 3.63. The number of nitrogens with one attached hydrogen (secondary N) is 1. The number of carbonyl (C=O) groups excluding carboxylic acids is 4. The Morgan fingerprint density at radius 2 is 1.32 bits per heavy atom. The fourth-order valence-corrected chi connectivity index (χ4v) is 7.65. The standard InChI is InChI=1S/C41H30N4O4S/c46-38(30-13-5-4-12-29(30)26-10-2-1-3-11-26)42-28-20-18-27(19-21-28)39(47)44-24-22-35-37(33-16-8-9-17-34(33)44)43-36(50-35)23-25-45-40(48)31-14-6-7-15-32(31)41(45)49/h1-21H,22-25H2,(H,42,46). The quantitative estimate of drug-likeness (QED) is 0.175. The van der Waals surface area contributed by atoms with Gasteiger partial charge in [-0.25, -0.2) is 4.98 Å². The molecule has 1 N–H and O–H groups in total. The first-order chi connectivity index (χ1) is 24.5. The fourth-order valence-electron chi connectivity index (χ4n) is 6.59. The molecule has 2 aliphatic rings. The van der Waals surface area contributed by atoms with Gasteiger partial charge in [-0.15, -0.1) is 11.3 Å². The molecule has 5 aromatic carbocycles. The van der Waals surface area contributed by atoms with Crippen LogP contribution < -0.4 is 10.2 Å². The lowest BCUT2D eigenvalue weighted by atomic mass is 9.99. The van der Waals surface area contributed by atoms with Crippen LogP contribution in [0.5, 0.6) is 0 Å². The number of para-hydroxylation sites is 1. The van der Waals surface area contributed by atoms with Crippen LogP contribution in [0.15, 0.2) is 127 Å². The van der Waals surface area contributed by atoms with Gasteiger partial charge in [0, 0.05) is 53.2 Å². The van der Waals surface area contributed by atoms with Gasteiger partial charge in [0.05, 0.1) is 27.5 Å². The Morgan fingerprint density at radius 3 is 2.04 bits per heavy atom. The molecule has 0 bridgehead atoms. The molecule has 50 heavy (non-hydrogen) atoms. The van der Waals surface area contributed by atoms with Crippen molar-refractivity contribution in [3.8, 4) is 22.4 Å². The van der Waals surface area contributed by atoms with Gasteiger partial charge in [0.1, 0.15) is 0 Å². The zero-order chi connectivity index (χ0) is 34.2. The van der Waals surface area contributed by atoms with Crippen molar-refractivity contribution in [2.45, 2.75) is 12.8 Å². The summed E-state index contributed by atoms with van der Waals surface area (Å²) in [6.45, 7) is 0.707. The molecule has 244 valence electrons. The molecule has 0 unspecified atom stereocenters. The molecule has 0 atom stereocenters. The van der Waals surface area contributed by atoms with Crippen LogP contribution >= 0.6 is 11.3 Å². The van der Waals surface area contributed by atoms with Gasteiger partial charge in [-0.1, -0.05) is 78.9 Å². The van der Waals surface area contributed by atoms with E-state index in [0.29, 0.717) is 47.3 Å². The molecule has 2 aliphatic heterocycles. The Labute approximate surface area is 292 Å². The first kappa shape index (κ1) is 31.1. The summed E-state index contributed by atoms with van der Waals surface area (Å²) in [4.78, 5) is 62.1. The van der Waals surface area contributed by atoms with E-state index in [1.807, 2.05) is 72.8 Å². The van der Waals surface area contributed by atoms with Crippen molar-refractivity contribution >= 4 is 46.3 Å². The van der Waals surface area contributed by atoms with E-state index in [1.54, 1.807) is 70.8 Å². The Bertz CT molecular complexity index is 2260. The number of hydrogen-bond donors (Lipinski definition) is 1. The molecule has 3 heterocycles. The Kier molecular flexibility index (Phi) is 8.10. The molecule has 0 spiro atoms. The van der Waals surface area contributed by atoms with Gasteiger partial charge in [-0.3, -0.25) is 24.1 Å². The second-order valence-corrected chi connectivity index (χ2v) is 13.3. The Morgan fingerprint density at radius 1 is 0.700 bits per heavy atom. The number of thiazole rings is 1. The van der Waals surface area contributed by atoms with E-state index in [9.17, 15) is 19.2 Å². The van der Waals surface area contributed by atoms with Crippen molar-refractivity contribution in [3.05, 3.63) is 160 Å². The van der Waals surface area contributed by atoms with Gasteiger partial charge in [0.15, 0.2) is 0 Å². The van der Waals surface area contributed by atoms with E-state index in [-0.39, 0.29) is 30.2 Å². The minimum atomic E-state index is -0.271. The predicted molar refractivity (Wildman–Crippen MR) is 195 cm³/mol. The zero-order valence-corrected chi connectivity index (χ0v) is 27.7. The van der Waals surface area contributed by atoms with E-state index in [2.05, 4.69) is 5.32 Å². The Balaban J connectivity index is 0.976. The van der Waals surface area contributed by atoms with Crippen LogP contribution in [0.25, 0.3) is 22.4 Å². The van der Waals surface area contributed by atoms with Crippen LogP contribution in [0.3, 0.4) is 0 Å². The molecule has 6 aromatic rings. The van der Waals surface area contributed by atoms with Gasteiger partial charge in [-0.05, 0) is 59.7 Å². The summed E-state index contributed by atoms with van der Waals surface area (Å²) in [6, 6.07) is 38.9. The maximum atomic E-state index is 14.0. The third-order valence-electron chi connectivity index (χ3n) is 9.07. The molecule has 9 heteroatoms. The lowest BCUT2D eigenvalue weighted by molar-refractivity contribution is 0.0655. The average molecular weight is 675 g/mol. The number of amides is 4. The summed E-state index contributed by atoms with van der Waals surface area (Å²) >= 11 is 1.56. The monoisotopic (exact) mass is 674 g/mol. The van der Waals surface area contributed by atoms with Crippen molar-refractivity contribution in [2.75, 3.05) is 23.3 Å². The summed E-state index contributed by atoms with van der Waals surface area (Å²) in [5.74, 6) is -0.920. The maximum absolute atomic E-state index is 14.0. The van der Waals surface area contributed by atoms with Gasteiger partial charge in [-0.2, -0.15) is 0 Å². The van der Waals surface area contributed by atoms with Crippen molar-refractivity contribution in [2.24, 2.45) is 0 Å². The number of nitrogens with zero attached hydrogens (tertiary/aromatic N) is 3. The number of imide groups is 1. The summed E-state index contributed by atoms with van der Waals surface area (Å²) < 4.78 is 0. The first-order valence-corrected chi connectivity index (χ1v) is 17.2. The summed E-state index contributed by atoms with van der Waals surface area (Å²) in [5, 5.41) is 3.82. The molecule has 4 amide bonds. The third kappa shape index (κ3) is 5.67. The fraction of sp³-hybridized carbons (Fsp3) is 0.0976. The highest BCUT2D eigenvalue weighted by Gasteiger charge is 2.35. The molecule has 1 aromatic heterocycles. The lowest BCUT2D eigenvalue weighted by Gasteiger charge is -2.23. The molecule has 0 aliphatic carbocycles. The van der Waals surface area contributed by atoms with Crippen LogP contribution in [-0.4, -0.2) is 46.6 Å². The SMILES string of the molecule is O=C(Nc1ccc(C(=O)N2CCc3sc(CCN4C(=O)c5ccccc5C4=O)nc3-c3ccccc32)cc1)c1ccccc1-c1ccccc1. The lowest BCUT2D eigenvalue weighted by Crippen LogP contribution is -2.32. The number of fused-ring (bicyclic) bond motifs is 4. The molecule has 0 radical (unpaired) electrons. The van der Waals surface area contributed by atoms with Crippen molar-refractivity contribution in [1.29, 1.82) is 0 Å². The molecule has 0 saturated heterocycles. The van der Waals surface area contributed by atoms with E-state index >= 15 is 0 Å². The molecule has 0 fully saturated rings. The van der Waals surface area contributed by atoms with Crippen molar-refractivity contribution in [1.82, 2.24) is 9.88 Å². The minimum absolute atomic E-state index is 0.147. The van der Waals surface area contributed by atoms with Crippen LogP contribution in [-0.2, 0) is 12.8 Å². The minimum Gasteiger partial charge on any atom is -0.322 e. The first-order valence-electron chi connectivity index (χ1n) is 16.4. The zero-order valence-electron chi connectivity index (χ0n) is 26.8. The van der Waals surface area contributed by atoms with Gasteiger partial charge in [0.25, 0.3) is 23.6 Å². The number of rotatable bonds is 7. The molecule has 8 nitrogen and oxygen atoms in total. The summed E-state index contributed by atoms with van der Waals surface area (Å²) in [5.41, 5.74) is 6.79. The van der Waals surface area contributed by atoms with Crippen LogP contribution in [0, 0.1) is 0 Å². The summed E-state index contributed by atoms with van der Waals surface area (Å²) in [7, 11) is 0. The number of aromatic nitrogens is 1. The highest BCUT2D eigenvalue weighted by atomic mass is 32.1. The Hall–Kier alpha value is -6.19. The van der Waals surface area contributed by atoms with Gasteiger partial charge in [0.2, 0.25) is 0 Å². The van der Waals surface area contributed by atoms with E-state index in [0.717, 1.165) is 38.0 Å². The number of hydrogen-bond acceptors (Lipinski definition) is 6. The van der Waals surface area contributed by atoms with Crippen LogP contribution in [0.4, 0.5) is 11.4 Å². The topological polar surface area (TPSA) is 99.7 Å². The van der Waals surface area contributed by atoms with E-state index in [1.165, 1.54) is 4.90 Å². The van der Waals surface area contributed by atoms with Crippen LogP contribution in [0.2, 0.25) is 0 Å². The molecular weight excluding hydrogens is 645 g/mol. The second-order valence-electron chi connectivity index (χ2n) is 12.1. The smallest absolute Gasteiger partial charge is 0.261 e. The molecule has 0 saturated carbocycles. The van der Waals surface area contributed by atoms with E-state index < -0.39 is 0 Å². The number of anilines is 2. The summed E-state index contributed by atoms with van der Waals surface area (Å²) in [6.07, 6.45) is 1.06. The normalized spacial score (nSPS) is 13.4. The van der Waals surface area contributed by atoms with Crippen molar-refractivity contribution in [3.63, 3.8) is 0 Å². The van der Waals surface area contributed by atoms with Gasteiger partial charge >= 0.3 is 0 Å². The largest absolute Gasteiger partial charge is 0.322 e. The van der Waals surface area contributed by atoms with Crippen LogP contribution in [0.1, 0.15) is 51.3 Å². The number of carbonyl (C=O) groups is 4. The molecule has 8 rings (SSSR count). The third-order valence-corrected chi connectivity index (χ3v) is 10.2. The van der Waals surface area contributed by atoms with E-state index in [4.69, 9.17) is 4.98 Å². The van der Waals surface area contributed by atoms with Crippen molar-refractivity contribution < 1.29 is 19.2 Å². The number of benzene rings is 5. The second kappa shape index (κ2) is 13.0. The predicted octanol–water partition coefficient (Wildman–Crippen LogP) is 7.77. The maximum Gasteiger partial charge on any atom is 0.261 e. The molecular formula is C41H30N4O4S. The highest BCUT2D eigenvalue weighted by Crippen LogP contribution is 2.39. The van der Waals surface area contributed by atoms with Gasteiger partial charge < -0.3 is 10.2 Å².